The van der Waals surface area contributed by atoms with Crippen LogP contribution >= 0.6 is 11.6 Å². The Morgan fingerprint density at radius 2 is 2.08 bits per heavy atom. The second-order valence-corrected chi connectivity index (χ2v) is 7.26. The number of rotatable bonds is 5. The van der Waals surface area contributed by atoms with E-state index in [2.05, 4.69) is 20.8 Å². The number of hydrogen-bond donors (Lipinski definition) is 2. The Morgan fingerprint density at radius 3 is 2.81 bits per heavy atom. The number of hydrogen-bond acceptors (Lipinski definition) is 6. The van der Waals surface area contributed by atoms with Gasteiger partial charge in [-0.2, -0.15) is 4.68 Å². The van der Waals surface area contributed by atoms with Crippen LogP contribution in [0, 0.1) is 5.92 Å². The van der Waals surface area contributed by atoms with Gasteiger partial charge in [-0.25, -0.2) is 0 Å². The molecule has 1 aliphatic carbocycles. The van der Waals surface area contributed by atoms with Crippen molar-refractivity contribution >= 4 is 23.2 Å². The summed E-state index contributed by atoms with van der Waals surface area (Å²) in [4.78, 5) is 12.5. The maximum atomic E-state index is 12.5. The molecule has 26 heavy (non-hydrogen) atoms. The van der Waals surface area contributed by atoms with Crippen LogP contribution in [0.15, 0.2) is 18.2 Å². The summed E-state index contributed by atoms with van der Waals surface area (Å²) in [7, 11) is 0. The zero-order valence-electron chi connectivity index (χ0n) is 14.3. The van der Waals surface area contributed by atoms with Gasteiger partial charge in [-0.15, -0.1) is 5.10 Å². The Morgan fingerprint density at radius 1 is 1.31 bits per heavy atom. The number of benzene rings is 1. The first-order chi connectivity index (χ1) is 12.6. The minimum atomic E-state index is -0.562. The summed E-state index contributed by atoms with van der Waals surface area (Å²) in [6.07, 6.45) is 3.76. The quantitative estimate of drug-likeness (QED) is 0.824. The highest BCUT2D eigenvalue weighted by molar-refractivity contribution is 6.32. The first-order valence-corrected chi connectivity index (χ1v) is 9.23. The number of halogens is 1. The Bertz CT molecular complexity index is 800. The van der Waals surface area contributed by atoms with Crippen LogP contribution in [0.25, 0.3) is 5.69 Å². The van der Waals surface area contributed by atoms with Crippen molar-refractivity contribution in [3.8, 4) is 5.69 Å². The third-order valence-corrected chi connectivity index (χ3v) is 5.27. The molecule has 0 bridgehead atoms. The number of anilines is 1. The molecule has 9 heteroatoms. The van der Waals surface area contributed by atoms with Crippen molar-refractivity contribution < 1.29 is 9.53 Å². The van der Waals surface area contributed by atoms with Crippen LogP contribution in [0.2, 0.25) is 5.02 Å². The van der Waals surface area contributed by atoms with Crippen LogP contribution in [-0.4, -0.2) is 45.4 Å². The van der Waals surface area contributed by atoms with Crippen molar-refractivity contribution in [2.75, 3.05) is 18.5 Å². The Labute approximate surface area is 156 Å². The third-order valence-electron chi connectivity index (χ3n) is 4.95. The van der Waals surface area contributed by atoms with Crippen LogP contribution in [-0.2, 0) is 9.53 Å². The summed E-state index contributed by atoms with van der Waals surface area (Å²) < 4.78 is 6.98. The first-order valence-electron chi connectivity index (χ1n) is 8.86. The van der Waals surface area contributed by atoms with Crippen molar-refractivity contribution in [3.05, 3.63) is 29.0 Å². The molecule has 1 aromatic heterocycles. The van der Waals surface area contributed by atoms with Gasteiger partial charge in [0.2, 0.25) is 5.91 Å². The molecular formula is C17H21ClN6O2. The molecule has 0 radical (unpaired) electrons. The van der Waals surface area contributed by atoms with E-state index in [0.29, 0.717) is 35.5 Å². The number of aromatic nitrogens is 4. The summed E-state index contributed by atoms with van der Waals surface area (Å²) in [6, 6.07) is 4.69. The van der Waals surface area contributed by atoms with E-state index in [4.69, 9.17) is 22.1 Å². The first kappa shape index (κ1) is 17.4. The average Bonchev–Trinajstić information content (AvgIpc) is 3.40. The van der Waals surface area contributed by atoms with Gasteiger partial charge in [0.1, 0.15) is 0 Å². The van der Waals surface area contributed by atoms with Crippen molar-refractivity contribution in [1.82, 2.24) is 20.2 Å². The zero-order valence-corrected chi connectivity index (χ0v) is 15.0. The molecule has 2 fully saturated rings. The molecule has 4 rings (SSSR count). The highest BCUT2D eigenvalue weighted by Gasteiger charge is 2.31. The molecule has 1 aliphatic heterocycles. The van der Waals surface area contributed by atoms with E-state index in [1.54, 1.807) is 22.9 Å². The molecule has 1 saturated carbocycles. The molecule has 8 nitrogen and oxygen atoms in total. The summed E-state index contributed by atoms with van der Waals surface area (Å²) in [5.41, 5.74) is 7.41. The molecule has 2 aromatic rings. The lowest BCUT2D eigenvalue weighted by molar-refractivity contribution is -0.119. The number of tetrazole rings is 1. The topological polar surface area (TPSA) is 108 Å². The van der Waals surface area contributed by atoms with E-state index in [1.165, 1.54) is 0 Å². The molecule has 0 spiro atoms. The fraction of sp³-hybridized carbons (Fsp3) is 0.529. The molecule has 1 atom stereocenters. The van der Waals surface area contributed by atoms with Crippen LogP contribution in [0.4, 0.5) is 5.69 Å². The minimum Gasteiger partial charge on any atom is -0.381 e. The maximum absolute atomic E-state index is 12.5. The number of carbonyl (C=O) groups excluding carboxylic acids is 1. The SMILES string of the molecule is NC(C(=O)Nc1ccc(Cl)c(-n2nnnc2C2CC2)c1)C1CCOCC1. The van der Waals surface area contributed by atoms with Crippen molar-refractivity contribution in [1.29, 1.82) is 0 Å². The minimum absolute atomic E-state index is 0.136. The highest BCUT2D eigenvalue weighted by Crippen LogP contribution is 2.40. The number of carbonyl (C=O) groups is 1. The Hall–Kier alpha value is -2.03. The normalized spacial score (nSPS) is 19.3. The van der Waals surface area contributed by atoms with Crippen molar-refractivity contribution in [3.63, 3.8) is 0 Å². The zero-order chi connectivity index (χ0) is 18.1. The van der Waals surface area contributed by atoms with Crippen molar-refractivity contribution in [2.45, 2.75) is 37.6 Å². The molecule has 1 unspecified atom stereocenters. The fourth-order valence-electron chi connectivity index (χ4n) is 3.23. The lowest BCUT2D eigenvalue weighted by Crippen LogP contribution is -2.44. The predicted octanol–water partition coefficient (Wildman–Crippen LogP) is 1.89. The van der Waals surface area contributed by atoms with E-state index in [-0.39, 0.29) is 11.8 Å². The van der Waals surface area contributed by atoms with Gasteiger partial charge in [-0.3, -0.25) is 4.79 Å². The molecule has 1 saturated heterocycles. The Balaban J connectivity index is 1.52. The lowest BCUT2D eigenvalue weighted by atomic mass is 9.92. The standard InChI is InChI=1S/C17H21ClN6O2/c18-13-4-3-12(20-17(25)15(19)10-5-7-26-8-6-10)9-14(13)24-16(11-1-2-11)21-22-23-24/h3-4,9-11,15H,1-2,5-8,19H2,(H,20,25). The van der Waals surface area contributed by atoms with Crippen LogP contribution in [0.3, 0.4) is 0 Å². The van der Waals surface area contributed by atoms with Gasteiger partial charge in [0.25, 0.3) is 0 Å². The molecule has 138 valence electrons. The summed E-state index contributed by atoms with van der Waals surface area (Å²) in [5, 5.41) is 15.3. The molecule has 2 heterocycles. The monoisotopic (exact) mass is 376 g/mol. The number of nitrogens with two attached hydrogens (primary N) is 1. The van der Waals surface area contributed by atoms with E-state index in [9.17, 15) is 4.79 Å². The molecule has 1 amide bonds. The predicted molar refractivity (Wildman–Crippen MR) is 96.3 cm³/mol. The number of nitrogens with one attached hydrogen (secondary N) is 1. The van der Waals surface area contributed by atoms with Crippen LogP contribution in [0.5, 0.6) is 0 Å². The molecule has 2 aliphatic rings. The van der Waals surface area contributed by atoms with Gasteiger partial charge in [-0.1, -0.05) is 11.6 Å². The van der Waals surface area contributed by atoms with E-state index >= 15 is 0 Å². The summed E-state index contributed by atoms with van der Waals surface area (Å²) >= 11 is 6.34. The smallest absolute Gasteiger partial charge is 0.241 e. The second kappa shape index (κ2) is 7.30. The fourth-order valence-corrected chi connectivity index (χ4v) is 3.43. The number of nitrogens with zero attached hydrogens (tertiary/aromatic N) is 4. The van der Waals surface area contributed by atoms with E-state index in [1.807, 2.05) is 0 Å². The molecular weight excluding hydrogens is 356 g/mol. The van der Waals surface area contributed by atoms with E-state index in [0.717, 1.165) is 31.5 Å². The van der Waals surface area contributed by atoms with Gasteiger partial charge in [0.15, 0.2) is 5.82 Å². The van der Waals surface area contributed by atoms with Crippen LogP contribution < -0.4 is 11.1 Å². The highest BCUT2D eigenvalue weighted by atomic mass is 35.5. The van der Waals surface area contributed by atoms with E-state index < -0.39 is 6.04 Å². The lowest BCUT2D eigenvalue weighted by Gasteiger charge is -2.26. The van der Waals surface area contributed by atoms with Gasteiger partial charge in [-0.05, 0) is 60.2 Å². The molecule has 3 N–H and O–H groups in total. The maximum Gasteiger partial charge on any atom is 0.241 e. The van der Waals surface area contributed by atoms with Gasteiger partial charge < -0.3 is 15.8 Å². The average molecular weight is 377 g/mol. The van der Waals surface area contributed by atoms with Gasteiger partial charge in [0, 0.05) is 24.8 Å². The Kier molecular flexibility index (Phi) is 4.88. The van der Waals surface area contributed by atoms with Gasteiger partial charge in [0.05, 0.1) is 16.8 Å². The van der Waals surface area contributed by atoms with Gasteiger partial charge >= 0.3 is 0 Å². The van der Waals surface area contributed by atoms with Crippen LogP contribution in [0.1, 0.15) is 37.4 Å². The summed E-state index contributed by atoms with van der Waals surface area (Å²) in [5.74, 6) is 1.11. The molecule has 1 aromatic carbocycles. The number of amides is 1. The van der Waals surface area contributed by atoms with Crippen molar-refractivity contribution in [2.24, 2.45) is 11.7 Å². The summed E-state index contributed by atoms with van der Waals surface area (Å²) in [6.45, 7) is 1.31. The second-order valence-electron chi connectivity index (χ2n) is 6.85. The third kappa shape index (κ3) is 3.58. The number of ether oxygens (including phenoxy) is 1. The largest absolute Gasteiger partial charge is 0.381 e.